The van der Waals surface area contributed by atoms with Gasteiger partial charge in [-0.15, -0.1) is 0 Å². The Morgan fingerprint density at radius 3 is 2.41 bits per heavy atom. The molecular weight excluding hydrogens is 516 g/mol. The fourth-order valence-corrected chi connectivity index (χ4v) is 4.94. The van der Waals surface area contributed by atoms with E-state index in [0.29, 0.717) is 45.3 Å². The van der Waals surface area contributed by atoms with E-state index in [1.165, 1.54) is 17.2 Å². The van der Waals surface area contributed by atoms with Crippen LogP contribution in [-0.4, -0.2) is 28.3 Å². The summed E-state index contributed by atoms with van der Waals surface area (Å²) in [4.78, 5) is 32.0. The van der Waals surface area contributed by atoms with Gasteiger partial charge in [0.25, 0.3) is 5.91 Å². The third-order valence-corrected chi connectivity index (χ3v) is 7.53. The molecule has 2 aliphatic rings. The van der Waals surface area contributed by atoms with Crippen LogP contribution in [0.15, 0.2) is 61.3 Å². The molecule has 1 saturated carbocycles. The van der Waals surface area contributed by atoms with Crippen LogP contribution in [0, 0.1) is 11.2 Å². The molecule has 37 heavy (non-hydrogen) atoms. The summed E-state index contributed by atoms with van der Waals surface area (Å²) in [5, 5.41) is 0.901. The Hall–Kier alpha value is -3.26. The predicted molar refractivity (Wildman–Crippen MR) is 139 cm³/mol. The maximum Gasteiger partial charge on any atom is 0.257 e. The van der Waals surface area contributed by atoms with E-state index in [2.05, 4.69) is 11.6 Å². The summed E-state index contributed by atoms with van der Waals surface area (Å²) < 4.78 is 22.6. The number of hydrogen-bond acceptors (Lipinski definition) is 4. The fraction of sp³-hybridized carbons (Fsp3) is 0.250. The zero-order chi connectivity index (χ0) is 26.5. The molecule has 5 rings (SSSR count). The minimum absolute atomic E-state index is 0.0152. The van der Waals surface area contributed by atoms with Gasteiger partial charge in [0.2, 0.25) is 5.91 Å². The van der Waals surface area contributed by atoms with Crippen molar-refractivity contribution < 1.29 is 18.7 Å². The summed E-state index contributed by atoms with van der Waals surface area (Å²) in [5.41, 5.74) is 5.39. The van der Waals surface area contributed by atoms with Crippen LogP contribution in [0.1, 0.15) is 52.5 Å². The number of benzene rings is 2. The Kier molecular flexibility index (Phi) is 6.34. The van der Waals surface area contributed by atoms with Crippen LogP contribution in [0.2, 0.25) is 10.0 Å². The van der Waals surface area contributed by atoms with Crippen molar-refractivity contribution in [1.29, 1.82) is 0 Å². The van der Waals surface area contributed by atoms with Crippen LogP contribution >= 0.6 is 23.2 Å². The fourth-order valence-electron chi connectivity index (χ4n) is 4.70. The van der Waals surface area contributed by atoms with Crippen molar-refractivity contribution in [2.75, 3.05) is 6.61 Å². The van der Waals surface area contributed by atoms with Crippen molar-refractivity contribution in [2.24, 2.45) is 11.1 Å². The van der Waals surface area contributed by atoms with Gasteiger partial charge in [-0.3, -0.25) is 19.5 Å². The SMILES string of the molecule is C=C(C)c1cc(F)c2c(c1)C(=O)N(Cc1ccc(Cl)cn1)C2(OCC1(C(N)=O)CC1)c1ccc(Cl)cc1. The Morgan fingerprint density at radius 2 is 1.84 bits per heavy atom. The average molecular weight is 540 g/mol. The standard InChI is InChI=1S/C28H24Cl2FN3O3/c1-16(2)17-11-22-24(23(31)12-17)28(18-3-5-19(29)6-4-18,37-15-27(9-10-27)26(32)36)34(25(22)35)14-21-8-7-20(30)13-33-21/h3-8,11-13H,1,9-10,14-15H2,2H3,(H2,32,36). The second-order valence-corrected chi connectivity index (χ2v) is 10.5. The Bertz CT molecular complexity index is 1420. The van der Waals surface area contributed by atoms with Crippen LogP contribution < -0.4 is 5.73 Å². The van der Waals surface area contributed by atoms with Crippen LogP contribution in [0.25, 0.3) is 5.57 Å². The largest absolute Gasteiger partial charge is 0.369 e. The number of carbonyl (C=O) groups excluding carboxylic acids is 2. The molecule has 2 heterocycles. The molecule has 190 valence electrons. The van der Waals surface area contributed by atoms with Gasteiger partial charge in [0.15, 0.2) is 5.72 Å². The summed E-state index contributed by atoms with van der Waals surface area (Å²) in [6.45, 7) is 5.53. The normalized spacial score (nSPS) is 19.6. The van der Waals surface area contributed by atoms with Crippen molar-refractivity contribution in [3.05, 3.63) is 105 Å². The first kappa shape index (κ1) is 25.4. The van der Waals surface area contributed by atoms with E-state index in [4.69, 9.17) is 33.7 Å². The molecule has 2 N–H and O–H groups in total. The minimum Gasteiger partial charge on any atom is -0.369 e. The van der Waals surface area contributed by atoms with Gasteiger partial charge < -0.3 is 10.5 Å². The summed E-state index contributed by atoms with van der Waals surface area (Å²) in [6.07, 6.45) is 2.58. The number of aromatic nitrogens is 1. The van der Waals surface area contributed by atoms with Gasteiger partial charge >= 0.3 is 0 Å². The molecular formula is C28H24Cl2FN3O3. The second kappa shape index (κ2) is 9.24. The molecule has 0 bridgehead atoms. The van der Waals surface area contributed by atoms with Crippen molar-refractivity contribution >= 4 is 40.6 Å². The topological polar surface area (TPSA) is 85.5 Å². The van der Waals surface area contributed by atoms with Gasteiger partial charge in [0, 0.05) is 16.8 Å². The highest BCUT2D eigenvalue weighted by Crippen LogP contribution is 2.52. The number of nitrogens with zero attached hydrogens (tertiary/aromatic N) is 2. The van der Waals surface area contributed by atoms with Gasteiger partial charge in [-0.1, -0.05) is 47.5 Å². The van der Waals surface area contributed by atoms with E-state index in [1.807, 2.05) is 0 Å². The highest BCUT2D eigenvalue weighted by atomic mass is 35.5. The number of primary amides is 1. The first-order chi connectivity index (χ1) is 17.6. The van der Waals surface area contributed by atoms with Gasteiger partial charge in [-0.05, 0) is 61.7 Å². The molecule has 0 spiro atoms. The first-order valence-electron chi connectivity index (χ1n) is 11.7. The third-order valence-electron chi connectivity index (χ3n) is 7.06. The van der Waals surface area contributed by atoms with Crippen molar-refractivity contribution in [3.8, 4) is 0 Å². The number of ether oxygens (including phenoxy) is 1. The molecule has 0 radical (unpaired) electrons. The number of carbonyl (C=O) groups is 2. The van der Waals surface area contributed by atoms with Gasteiger partial charge in [0.1, 0.15) is 5.82 Å². The molecule has 0 saturated heterocycles. The van der Waals surface area contributed by atoms with E-state index in [-0.39, 0.29) is 24.3 Å². The predicted octanol–water partition coefficient (Wildman–Crippen LogP) is 5.70. The van der Waals surface area contributed by atoms with E-state index in [0.717, 1.165) is 0 Å². The second-order valence-electron chi connectivity index (χ2n) is 9.60. The lowest BCUT2D eigenvalue weighted by Crippen LogP contribution is -2.48. The van der Waals surface area contributed by atoms with Crippen molar-refractivity contribution in [1.82, 2.24) is 9.88 Å². The molecule has 1 fully saturated rings. The Balaban J connectivity index is 1.74. The zero-order valence-electron chi connectivity index (χ0n) is 20.1. The number of rotatable bonds is 8. The summed E-state index contributed by atoms with van der Waals surface area (Å²) in [7, 11) is 0. The molecule has 1 aromatic heterocycles. The smallest absolute Gasteiger partial charge is 0.257 e. The summed E-state index contributed by atoms with van der Waals surface area (Å²) >= 11 is 12.2. The van der Waals surface area contributed by atoms with E-state index in [1.54, 1.807) is 49.4 Å². The summed E-state index contributed by atoms with van der Waals surface area (Å²) in [6, 6.07) is 13.0. The molecule has 1 atom stereocenters. The molecule has 6 nitrogen and oxygen atoms in total. The molecule has 2 amide bonds. The van der Waals surface area contributed by atoms with E-state index < -0.39 is 28.8 Å². The van der Waals surface area contributed by atoms with Gasteiger partial charge in [-0.25, -0.2) is 4.39 Å². The lowest BCUT2D eigenvalue weighted by Gasteiger charge is -2.40. The average Bonchev–Trinajstić information content (AvgIpc) is 3.62. The Labute approximate surface area is 223 Å². The molecule has 1 aliphatic heterocycles. The number of pyridine rings is 1. The van der Waals surface area contributed by atoms with Crippen molar-refractivity contribution in [3.63, 3.8) is 0 Å². The number of amides is 2. The minimum atomic E-state index is -1.71. The monoisotopic (exact) mass is 539 g/mol. The maximum absolute atomic E-state index is 16.1. The third kappa shape index (κ3) is 4.31. The van der Waals surface area contributed by atoms with Crippen LogP contribution in [0.5, 0.6) is 0 Å². The molecule has 1 unspecified atom stereocenters. The molecule has 2 aromatic carbocycles. The van der Waals surface area contributed by atoms with E-state index >= 15 is 4.39 Å². The van der Waals surface area contributed by atoms with Crippen LogP contribution in [0.4, 0.5) is 4.39 Å². The molecule has 1 aliphatic carbocycles. The Morgan fingerprint density at radius 1 is 1.16 bits per heavy atom. The number of halogens is 3. The van der Waals surface area contributed by atoms with Crippen LogP contribution in [0.3, 0.4) is 0 Å². The zero-order valence-corrected chi connectivity index (χ0v) is 21.6. The quantitative estimate of drug-likeness (QED) is 0.397. The maximum atomic E-state index is 16.1. The van der Waals surface area contributed by atoms with Crippen LogP contribution in [-0.2, 0) is 21.8 Å². The molecule has 3 aromatic rings. The number of nitrogens with two attached hydrogens (primary N) is 1. The van der Waals surface area contributed by atoms with Crippen molar-refractivity contribution in [2.45, 2.75) is 32.0 Å². The van der Waals surface area contributed by atoms with Gasteiger partial charge in [-0.2, -0.15) is 0 Å². The first-order valence-corrected chi connectivity index (χ1v) is 12.5. The highest BCUT2D eigenvalue weighted by molar-refractivity contribution is 6.30. The number of hydrogen-bond donors (Lipinski definition) is 1. The lowest BCUT2D eigenvalue weighted by molar-refractivity contribution is -0.142. The molecule has 9 heteroatoms. The number of fused-ring (bicyclic) bond motifs is 1. The lowest BCUT2D eigenvalue weighted by atomic mass is 9.90. The van der Waals surface area contributed by atoms with E-state index in [9.17, 15) is 9.59 Å². The summed E-state index contributed by atoms with van der Waals surface area (Å²) in [5.74, 6) is -1.57. The number of allylic oxidation sites excluding steroid dienone is 1. The highest BCUT2D eigenvalue weighted by Gasteiger charge is 2.57. The van der Waals surface area contributed by atoms with Gasteiger partial charge in [0.05, 0.1) is 40.4 Å².